The van der Waals surface area contributed by atoms with Gasteiger partial charge in [0.25, 0.3) is 5.91 Å². The lowest BCUT2D eigenvalue weighted by atomic mass is 10.1. The van der Waals surface area contributed by atoms with Crippen LogP contribution in [-0.2, 0) is 11.3 Å². The number of carbonyl (C=O) groups excluding carboxylic acids is 2. The third-order valence-electron chi connectivity index (χ3n) is 4.87. The van der Waals surface area contributed by atoms with Crippen LogP contribution < -0.4 is 11.1 Å². The molecule has 0 bridgehead atoms. The predicted octanol–water partition coefficient (Wildman–Crippen LogP) is 3.02. The highest BCUT2D eigenvalue weighted by Crippen LogP contribution is 2.27. The second kappa shape index (κ2) is 8.12. The van der Waals surface area contributed by atoms with Gasteiger partial charge in [-0.05, 0) is 34.0 Å². The quantitative estimate of drug-likeness (QED) is 0.612. The molecule has 3 N–H and O–H groups in total. The Balaban J connectivity index is 1.44. The first kappa shape index (κ1) is 19.3. The summed E-state index contributed by atoms with van der Waals surface area (Å²) in [4.78, 5) is 25.9. The summed E-state index contributed by atoms with van der Waals surface area (Å²) < 4.78 is 7.92. The van der Waals surface area contributed by atoms with E-state index in [-0.39, 0.29) is 18.7 Å². The number of hydrogen-bond acceptors (Lipinski definition) is 5. The summed E-state index contributed by atoms with van der Waals surface area (Å²) in [5, 5.41) is 7.59. The first-order valence-electron chi connectivity index (χ1n) is 9.20. The van der Waals surface area contributed by atoms with E-state index in [1.807, 2.05) is 36.4 Å². The molecule has 1 aromatic carbocycles. The van der Waals surface area contributed by atoms with Gasteiger partial charge < -0.3 is 20.7 Å². The number of fused-ring (bicyclic) bond motifs is 1. The monoisotopic (exact) mass is 457 g/mol. The maximum atomic E-state index is 12.4. The van der Waals surface area contributed by atoms with Crippen LogP contribution in [0.2, 0.25) is 0 Å². The first-order valence-corrected chi connectivity index (χ1v) is 9.99. The molecule has 8 nitrogen and oxygen atoms in total. The number of anilines is 1. The van der Waals surface area contributed by atoms with Crippen LogP contribution in [0, 0.1) is 0 Å². The number of rotatable bonds is 5. The molecule has 1 aliphatic rings. The molecule has 2 aromatic heterocycles. The molecular weight excluding hydrogens is 438 g/mol. The Morgan fingerprint density at radius 1 is 1.31 bits per heavy atom. The molecule has 1 saturated heterocycles. The van der Waals surface area contributed by atoms with Crippen LogP contribution in [0.15, 0.2) is 53.3 Å². The van der Waals surface area contributed by atoms with E-state index in [9.17, 15) is 9.59 Å². The fourth-order valence-corrected chi connectivity index (χ4v) is 3.83. The van der Waals surface area contributed by atoms with Crippen molar-refractivity contribution in [2.45, 2.75) is 19.1 Å². The van der Waals surface area contributed by atoms with Crippen molar-refractivity contribution < 1.29 is 14.3 Å². The Morgan fingerprint density at radius 2 is 2.10 bits per heavy atom. The molecule has 29 heavy (non-hydrogen) atoms. The van der Waals surface area contributed by atoms with E-state index in [2.05, 4.69) is 26.3 Å². The number of ether oxygens (including phenoxy) is 1. The van der Waals surface area contributed by atoms with Crippen LogP contribution in [0.3, 0.4) is 0 Å². The molecule has 1 atom stereocenters. The van der Waals surface area contributed by atoms with E-state index in [4.69, 9.17) is 10.5 Å². The van der Waals surface area contributed by atoms with Gasteiger partial charge >= 0.3 is 6.09 Å². The number of hydrogen-bond donors (Lipinski definition) is 2. The van der Waals surface area contributed by atoms with Gasteiger partial charge in [-0.1, -0.05) is 30.3 Å². The second-order valence-corrected chi connectivity index (χ2v) is 7.82. The van der Waals surface area contributed by atoms with Crippen LogP contribution >= 0.6 is 15.9 Å². The molecule has 9 heteroatoms. The van der Waals surface area contributed by atoms with Gasteiger partial charge in [0.15, 0.2) is 0 Å². The number of carbonyl (C=O) groups is 2. The third kappa shape index (κ3) is 4.19. The molecule has 150 valence electrons. The van der Waals surface area contributed by atoms with Crippen molar-refractivity contribution in [3.8, 4) is 0 Å². The number of primary amides is 1. The minimum atomic E-state index is -0.558. The lowest BCUT2D eigenvalue weighted by Gasteiger charge is -2.19. The number of nitrogens with two attached hydrogens (primary N) is 1. The van der Waals surface area contributed by atoms with Gasteiger partial charge in [0.1, 0.15) is 6.61 Å². The van der Waals surface area contributed by atoms with E-state index < -0.39 is 5.91 Å². The van der Waals surface area contributed by atoms with Crippen molar-refractivity contribution in [1.82, 2.24) is 14.5 Å². The average Bonchev–Trinajstić information content (AvgIpc) is 3.33. The summed E-state index contributed by atoms with van der Waals surface area (Å²) in [7, 11) is 0. The van der Waals surface area contributed by atoms with Gasteiger partial charge in [0.05, 0.1) is 23.0 Å². The maximum absolute atomic E-state index is 12.4. The van der Waals surface area contributed by atoms with Crippen LogP contribution in [0.4, 0.5) is 10.5 Å². The highest BCUT2D eigenvalue weighted by Gasteiger charge is 2.29. The molecule has 3 heterocycles. The van der Waals surface area contributed by atoms with Crippen LogP contribution in [-0.4, -0.2) is 45.6 Å². The summed E-state index contributed by atoms with van der Waals surface area (Å²) in [5.41, 5.74) is 8.14. The van der Waals surface area contributed by atoms with Gasteiger partial charge in [0.2, 0.25) is 0 Å². The fraction of sp³-hybridized carbons (Fsp3) is 0.250. The maximum Gasteiger partial charge on any atom is 0.410 e. The fourth-order valence-electron chi connectivity index (χ4n) is 3.42. The molecule has 0 saturated carbocycles. The normalized spacial score (nSPS) is 16.2. The molecule has 4 rings (SSSR count). The van der Waals surface area contributed by atoms with Gasteiger partial charge in [-0.3, -0.25) is 4.79 Å². The van der Waals surface area contributed by atoms with Gasteiger partial charge in [-0.25, -0.2) is 9.31 Å². The summed E-state index contributed by atoms with van der Waals surface area (Å²) in [5.74, 6) is -0.558. The van der Waals surface area contributed by atoms with E-state index in [0.717, 1.165) is 22.0 Å². The lowest BCUT2D eigenvalue weighted by Crippen LogP contribution is -2.32. The predicted molar refractivity (Wildman–Crippen MR) is 112 cm³/mol. The Morgan fingerprint density at radius 3 is 2.86 bits per heavy atom. The van der Waals surface area contributed by atoms with Gasteiger partial charge in [-0.2, -0.15) is 5.10 Å². The number of halogens is 1. The molecule has 0 unspecified atom stereocenters. The standard InChI is InChI=1S/C20H20BrN5O3/c21-14-8-17-18(16(19(22)27)9-23-26(17)10-14)24-15-6-7-25(11-15)20(28)29-12-13-4-2-1-3-5-13/h1-5,8-10,15,24H,6-7,11-12H2,(H2,22,27)/t15-/m0/s1. The molecule has 1 aliphatic heterocycles. The molecule has 0 radical (unpaired) electrons. The van der Waals surface area contributed by atoms with Gasteiger partial charge in [0, 0.05) is 29.8 Å². The molecule has 0 aliphatic carbocycles. The number of aromatic nitrogens is 2. The van der Waals surface area contributed by atoms with E-state index in [0.29, 0.717) is 24.3 Å². The highest BCUT2D eigenvalue weighted by molar-refractivity contribution is 9.10. The number of likely N-dealkylation sites (tertiary alicyclic amines) is 1. The van der Waals surface area contributed by atoms with Crippen LogP contribution in [0.5, 0.6) is 0 Å². The third-order valence-corrected chi connectivity index (χ3v) is 5.30. The van der Waals surface area contributed by atoms with Crippen LogP contribution in [0.25, 0.3) is 5.52 Å². The van der Waals surface area contributed by atoms with E-state index in [1.54, 1.807) is 15.6 Å². The lowest BCUT2D eigenvalue weighted by molar-refractivity contribution is 0.0998. The smallest absolute Gasteiger partial charge is 0.410 e. The Bertz CT molecular complexity index is 1050. The number of nitrogens with zero attached hydrogens (tertiary/aromatic N) is 3. The number of benzene rings is 1. The first-order chi connectivity index (χ1) is 14.0. The Kier molecular flexibility index (Phi) is 5.39. The van der Waals surface area contributed by atoms with E-state index >= 15 is 0 Å². The zero-order chi connectivity index (χ0) is 20.4. The molecule has 1 fully saturated rings. The number of amides is 2. The largest absolute Gasteiger partial charge is 0.445 e. The Hall–Kier alpha value is -3.07. The van der Waals surface area contributed by atoms with Crippen molar-refractivity contribution >= 4 is 39.1 Å². The zero-order valence-electron chi connectivity index (χ0n) is 15.5. The van der Waals surface area contributed by atoms with Crippen molar-refractivity contribution in [2.75, 3.05) is 18.4 Å². The van der Waals surface area contributed by atoms with Crippen molar-refractivity contribution in [2.24, 2.45) is 5.73 Å². The van der Waals surface area contributed by atoms with Crippen molar-refractivity contribution in [3.05, 3.63) is 64.4 Å². The SMILES string of the molecule is NC(=O)c1cnn2cc(Br)cc2c1N[C@H]1CCN(C(=O)OCc2ccccc2)C1. The molecule has 0 spiro atoms. The molecule has 2 amide bonds. The topological polar surface area (TPSA) is 102 Å². The minimum Gasteiger partial charge on any atom is -0.445 e. The molecule has 3 aromatic rings. The average molecular weight is 458 g/mol. The summed E-state index contributed by atoms with van der Waals surface area (Å²) in [6.45, 7) is 1.29. The minimum absolute atomic E-state index is 0.0303. The molecular formula is C20H20BrN5O3. The van der Waals surface area contributed by atoms with Crippen LogP contribution in [0.1, 0.15) is 22.3 Å². The summed E-state index contributed by atoms with van der Waals surface area (Å²) in [6.07, 6.45) is 3.63. The zero-order valence-corrected chi connectivity index (χ0v) is 17.1. The van der Waals surface area contributed by atoms with Crippen molar-refractivity contribution in [3.63, 3.8) is 0 Å². The highest BCUT2D eigenvalue weighted by atomic mass is 79.9. The summed E-state index contributed by atoms with van der Waals surface area (Å²) in [6, 6.07) is 11.4. The second-order valence-electron chi connectivity index (χ2n) is 6.90. The van der Waals surface area contributed by atoms with Gasteiger partial charge in [-0.15, -0.1) is 0 Å². The Labute approximate surface area is 175 Å². The summed E-state index contributed by atoms with van der Waals surface area (Å²) >= 11 is 3.42. The number of nitrogens with one attached hydrogen (secondary N) is 1. The van der Waals surface area contributed by atoms with E-state index in [1.165, 1.54) is 6.20 Å². The van der Waals surface area contributed by atoms with Crippen molar-refractivity contribution in [1.29, 1.82) is 0 Å².